The van der Waals surface area contributed by atoms with Gasteiger partial charge in [-0.2, -0.15) is 0 Å². The molecule has 3 N–H and O–H groups in total. The van der Waals surface area contributed by atoms with E-state index in [-0.39, 0.29) is 29.0 Å². The highest BCUT2D eigenvalue weighted by Crippen LogP contribution is 2.21. The van der Waals surface area contributed by atoms with Crippen molar-refractivity contribution in [3.8, 4) is 0 Å². The molecule has 2 rings (SSSR count). The molecule has 1 aromatic carbocycles. The van der Waals surface area contributed by atoms with Gasteiger partial charge in [0, 0.05) is 18.2 Å². The monoisotopic (exact) mass is 282 g/mol. The number of nitrogen functional groups attached to an aromatic ring is 1. The van der Waals surface area contributed by atoms with E-state index in [1.165, 1.54) is 6.07 Å². The molecule has 19 heavy (non-hydrogen) atoms. The second kappa shape index (κ2) is 5.21. The Morgan fingerprint density at radius 3 is 2.74 bits per heavy atom. The maximum atomic E-state index is 12.2. The summed E-state index contributed by atoms with van der Waals surface area (Å²) in [6.45, 7) is 1.72. The van der Waals surface area contributed by atoms with E-state index in [4.69, 9.17) is 5.73 Å². The predicted octanol–water partition coefficient (Wildman–Crippen LogP) is 1.02. The van der Waals surface area contributed by atoms with Crippen LogP contribution in [0.5, 0.6) is 0 Å². The van der Waals surface area contributed by atoms with Crippen LogP contribution >= 0.6 is 0 Å². The van der Waals surface area contributed by atoms with Crippen molar-refractivity contribution in [2.24, 2.45) is 0 Å². The molecule has 5 nitrogen and oxygen atoms in total. The van der Waals surface area contributed by atoms with E-state index in [0.29, 0.717) is 11.3 Å². The lowest BCUT2D eigenvalue weighted by Crippen LogP contribution is -2.27. The molecule has 0 heterocycles. The summed E-state index contributed by atoms with van der Waals surface area (Å²) in [7, 11) is -3.46. The predicted molar refractivity (Wildman–Crippen MR) is 73.4 cm³/mol. The van der Waals surface area contributed by atoms with Crippen LogP contribution in [0, 0.1) is 6.92 Å². The molecule has 0 radical (unpaired) electrons. The largest absolute Gasteiger partial charge is 0.399 e. The van der Waals surface area contributed by atoms with Crippen molar-refractivity contribution in [1.29, 1.82) is 0 Å². The SMILES string of the molecule is Cc1ccc(N)cc1S(=O)(=O)CCC(=O)NC1CC1. The van der Waals surface area contributed by atoms with Crippen molar-refractivity contribution in [1.82, 2.24) is 5.32 Å². The van der Waals surface area contributed by atoms with Crippen molar-refractivity contribution in [3.05, 3.63) is 23.8 Å². The summed E-state index contributed by atoms with van der Waals surface area (Å²) < 4.78 is 24.4. The minimum absolute atomic E-state index is 0.00687. The van der Waals surface area contributed by atoms with E-state index < -0.39 is 9.84 Å². The molecule has 1 aliphatic carbocycles. The molecule has 6 heteroatoms. The number of aryl methyl sites for hydroxylation is 1. The first-order valence-electron chi connectivity index (χ1n) is 6.27. The molecule has 0 aliphatic heterocycles. The van der Waals surface area contributed by atoms with Gasteiger partial charge < -0.3 is 11.1 Å². The first-order chi connectivity index (χ1) is 8.88. The number of rotatable bonds is 5. The number of carbonyl (C=O) groups excluding carboxylic acids is 1. The zero-order valence-corrected chi connectivity index (χ0v) is 11.7. The third-order valence-corrected chi connectivity index (χ3v) is 4.94. The molecule has 0 spiro atoms. The molecule has 1 amide bonds. The van der Waals surface area contributed by atoms with Crippen molar-refractivity contribution in [3.63, 3.8) is 0 Å². The molecule has 104 valence electrons. The van der Waals surface area contributed by atoms with E-state index in [1.807, 2.05) is 0 Å². The molecule has 0 aromatic heterocycles. The molecular formula is C13H18N2O3S. The van der Waals surface area contributed by atoms with Gasteiger partial charge in [0.1, 0.15) is 0 Å². The van der Waals surface area contributed by atoms with Crippen LogP contribution < -0.4 is 11.1 Å². The Morgan fingerprint density at radius 2 is 2.11 bits per heavy atom. The number of amides is 1. The number of hydrogen-bond acceptors (Lipinski definition) is 4. The zero-order chi connectivity index (χ0) is 14.0. The average molecular weight is 282 g/mol. The lowest BCUT2D eigenvalue weighted by molar-refractivity contribution is -0.120. The number of benzene rings is 1. The fourth-order valence-electron chi connectivity index (χ4n) is 1.82. The summed E-state index contributed by atoms with van der Waals surface area (Å²) >= 11 is 0. The molecular weight excluding hydrogens is 264 g/mol. The summed E-state index contributed by atoms with van der Waals surface area (Å²) in [6, 6.07) is 5.04. The van der Waals surface area contributed by atoms with Crippen molar-refractivity contribution >= 4 is 21.4 Å². The molecule has 0 atom stereocenters. The summed E-state index contributed by atoms with van der Waals surface area (Å²) in [6.07, 6.45) is 1.98. The van der Waals surface area contributed by atoms with Crippen LogP contribution in [0.4, 0.5) is 5.69 Å². The summed E-state index contributed by atoms with van der Waals surface area (Å²) in [5.41, 5.74) is 6.67. The van der Waals surface area contributed by atoms with Crippen LogP contribution in [-0.4, -0.2) is 26.1 Å². The number of sulfone groups is 1. The highest BCUT2D eigenvalue weighted by molar-refractivity contribution is 7.91. The van der Waals surface area contributed by atoms with Crippen LogP contribution in [0.15, 0.2) is 23.1 Å². The zero-order valence-electron chi connectivity index (χ0n) is 10.8. The molecule has 1 fully saturated rings. The Hall–Kier alpha value is -1.56. The fourth-order valence-corrected chi connectivity index (χ4v) is 3.36. The molecule has 0 unspecified atom stereocenters. The minimum atomic E-state index is -3.46. The van der Waals surface area contributed by atoms with Gasteiger partial charge in [-0.1, -0.05) is 6.07 Å². The van der Waals surface area contributed by atoms with Gasteiger partial charge in [-0.15, -0.1) is 0 Å². The van der Waals surface area contributed by atoms with Crippen LogP contribution in [-0.2, 0) is 14.6 Å². The molecule has 1 aliphatic rings. The van der Waals surface area contributed by atoms with Gasteiger partial charge in [0.2, 0.25) is 5.91 Å². The number of carbonyl (C=O) groups is 1. The van der Waals surface area contributed by atoms with Gasteiger partial charge in [-0.05, 0) is 37.5 Å². The summed E-state index contributed by atoms with van der Waals surface area (Å²) in [5, 5.41) is 2.78. The number of anilines is 1. The first kappa shape index (κ1) is 13.9. The topological polar surface area (TPSA) is 89.3 Å². The third kappa shape index (κ3) is 3.70. The molecule has 1 saturated carbocycles. The maximum Gasteiger partial charge on any atom is 0.221 e. The standard InChI is InChI=1S/C13H18N2O3S/c1-9-2-3-10(14)8-12(9)19(17,18)7-6-13(16)15-11-4-5-11/h2-3,8,11H,4-7,14H2,1H3,(H,15,16). The van der Waals surface area contributed by atoms with Gasteiger partial charge in [-0.25, -0.2) is 8.42 Å². The fraction of sp³-hybridized carbons (Fsp3) is 0.462. The number of hydrogen-bond donors (Lipinski definition) is 2. The summed E-state index contributed by atoms with van der Waals surface area (Å²) in [5.74, 6) is -0.386. The second-order valence-corrected chi connectivity index (χ2v) is 7.01. The van der Waals surface area contributed by atoms with Crippen LogP contribution in [0.1, 0.15) is 24.8 Å². The van der Waals surface area contributed by atoms with Gasteiger partial charge in [0.05, 0.1) is 10.6 Å². The lowest BCUT2D eigenvalue weighted by Gasteiger charge is -2.08. The van der Waals surface area contributed by atoms with Crippen molar-refractivity contribution in [2.75, 3.05) is 11.5 Å². The van der Waals surface area contributed by atoms with E-state index in [2.05, 4.69) is 5.32 Å². The molecule has 0 bridgehead atoms. The van der Waals surface area contributed by atoms with Crippen molar-refractivity contribution in [2.45, 2.75) is 37.1 Å². The van der Waals surface area contributed by atoms with Gasteiger partial charge in [0.25, 0.3) is 0 Å². The molecule has 0 saturated heterocycles. The minimum Gasteiger partial charge on any atom is -0.399 e. The van der Waals surface area contributed by atoms with Crippen LogP contribution in [0.3, 0.4) is 0 Å². The van der Waals surface area contributed by atoms with Gasteiger partial charge >= 0.3 is 0 Å². The smallest absolute Gasteiger partial charge is 0.221 e. The Morgan fingerprint density at radius 1 is 1.42 bits per heavy atom. The Bertz CT molecular complexity index is 592. The highest BCUT2D eigenvalue weighted by Gasteiger charge is 2.24. The number of nitrogens with one attached hydrogen (secondary N) is 1. The van der Waals surface area contributed by atoms with E-state index in [0.717, 1.165) is 12.8 Å². The van der Waals surface area contributed by atoms with Crippen LogP contribution in [0.2, 0.25) is 0 Å². The summed E-state index contributed by atoms with van der Waals surface area (Å²) in [4.78, 5) is 11.7. The second-order valence-electron chi connectivity index (χ2n) is 4.94. The van der Waals surface area contributed by atoms with E-state index in [9.17, 15) is 13.2 Å². The van der Waals surface area contributed by atoms with Crippen LogP contribution in [0.25, 0.3) is 0 Å². The Balaban J connectivity index is 2.04. The number of nitrogens with two attached hydrogens (primary N) is 1. The Labute approximate surface area is 113 Å². The van der Waals surface area contributed by atoms with Crippen molar-refractivity contribution < 1.29 is 13.2 Å². The van der Waals surface area contributed by atoms with Gasteiger partial charge in [0.15, 0.2) is 9.84 Å². The molecule has 1 aromatic rings. The first-order valence-corrected chi connectivity index (χ1v) is 7.92. The lowest BCUT2D eigenvalue weighted by atomic mass is 10.2. The van der Waals surface area contributed by atoms with Gasteiger partial charge in [-0.3, -0.25) is 4.79 Å². The van der Waals surface area contributed by atoms with E-state index in [1.54, 1.807) is 19.1 Å². The Kier molecular flexibility index (Phi) is 3.80. The maximum absolute atomic E-state index is 12.2. The quantitative estimate of drug-likeness (QED) is 0.789. The third-order valence-electron chi connectivity index (χ3n) is 3.09. The van der Waals surface area contributed by atoms with E-state index >= 15 is 0 Å². The highest BCUT2D eigenvalue weighted by atomic mass is 32.2. The average Bonchev–Trinajstić information content (AvgIpc) is 3.14. The normalized spacial score (nSPS) is 15.2.